The van der Waals surface area contributed by atoms with Gasteiger partial charge in [0.15, 0.2) is 9.84 Å². The molecule has 0 aromatic rings. The van der Waals surface area contributed by atoms with E-state index in [9.17, 15) is 8.42 Å². The molecule has 0 aliphatic carbocycles. The monoisotopic (exact) mass is 126 g/mol. The molecule has 0 saturated heterocycles. The van der Waals surface area contributed by atoms with Crippen LogP contribution in [0.4, 0.5) is 0 Å². The maximum Gasteiger partial charge on any atom is 0.171 e. The summed E-state index contributed by atoms with van der Waals surface area (Å²) in [5, 5.41) is 7.81. The fourth-order valence-corrected chi connectivity index (χ4v) is 0. The van der Waals surface area contributed by atoms with Crippen LogP contribution in [0.15, 0.2) is 0 Å². The molecule has 0 saturated carbocycles. The van der Waals surface area contributed by atoms with Crippen molar-refractivity contribution < 1.29 is 13.5 Å². The van der Waals surface area contributed by atoms with Gasteiger partial charge in [-0.1, -0.05) is 7.43 Å². The van der Waals surface area contributed by atoms with Crippen LogP contribution in [0, 0.1) is 0 Å². The van der Waals surface area contributed by atoms with Crippen molar-refractivity contribution in [3.8, 4) is 0 Å². The highest BCUT2D eigenvalue weighted by atomic mass is 32.2. The molecule has 0 spiro atoms. The molecule has 0 unspecified atom stereocenters. The van der Waals surface area contributed by atoms with Gasteiger partial charge in [-0.05, 0) is 0 Å². The van der Waals surface area contributed by atoms with Gasteiger partial charge in [-0.25, -0.2) is 8.42 Å². The Kier molecular flexibility index (Phi) is 4.27. The third-order valence-corrected chi connectivity index (χ3v) is 0.704. The van der Waals surface area contributed by atoms with Gasteiger partial charge in [0.1, 0.15) is 5.94 Å². The molecule has 4 heteroatoms. The molecule has 0 radical (unpaired) electrons. The van der Waals surface area contributed by atoms with Gasteiger partial charge in [-0.15, -0.1) is 0 Å². The predicted molar refractivity (Wildman–Crippen MR) is 28.7 cm³/mol. The number of hydrogen-bond acceptors (Lipinski definition) is 3. The van der Waals surface area contributed by atoms with Crippen LogP contribution in [0.3, 0.4) is 0 Å². The minimum absolute atomic E-state index is 0. The Hall–Kier alpha value is -0.0900. The zero-order chi connectivity index (χ0) is 5.21. The highest BCUT2D eigenvalue weighted by molar-refractivity contribution is 7.90. The fraction of sp³-hybridized carbons (Fsp3) is 1.00. The van der Waals surface area contributed by atoms with Crippen molar-refractivity contribution in [1.82, 2.24) is 0 Å². The largest absolute Gasteiger partial charge is 0.380 e. The van der Waals surface area contributed by atoms with E-state index in [4.69, 9.17) is 5.11 Å². The molecular weight excluding hydrogens is 116 g/mol. The minimum Gasteiger partial charge on any atom is -0.380 e. The quantitative estimate of drug-likeness (QED) is 0.521. The van der Waals surface area contributed by atoms with Gasteiger partial charge >= 0.3 is 0 Å². The summed E-state index contributed by atoms with van der Waals surface area (Å²) in [6.07, 6.45) is 0.965. The van der Waals surface area contributed by atoms with E-state index in [1.165, 1.54) is 0 Å². The summed E-state index contributed by atoms with van der Waals surface area (Å²) in [7, 11) is -3.11. The molecule has 7 heavy (non-hydrogen) atoms. The van der Waals surface area contributed by atoms with Gasteiger partial charge in [-0.2, -0.15) is 0 Å². The molecule has 0 aliphatic heterocycles. The summed E-state index contributed by atoms with van der Waals surface area (Å²) in [5.41, 5.74) is 0. The van der Waals surface area contributed by atoms with Crippen molar-refractivity contribution in [2.75, 3.05) is 12.2 Å². The molecule has 0 heterocycles. The Morgan fingerprint density at radius 1 is 1.57 bits per heavy atom. The lowest BCUT2D eigenvalue weighted by Gasteiger charge is -1.80. The first-order valence-corrected chi connectivity index (χ1v) is 3.41. The highest BCUT2D eigenvalue weighted by Gasteiger charge is 1.92. The van der Waals surface area contributed by atoms with Gasteiger partial charge in [0.05, 0.1) is 0 Å². The zero-order valence-electron chi connectivity index (χ0n) is 3.38. The molecule has 0 atom stereocenters. The summed E-state index contributed by atoms with van der Waals surface area (Å²) in [5.74, 6) is -0.757. The molecule has 1 N–H and O–H groups in total. The fourth-order valence-electron chi connectivity index (χ4n) is 0. The number of hydrogen-bond donors (Lipinski definition) is 1. The van der Waals surface area contributed by atoms with Crippen LogP contribution in [0.25, 0.3) is 0 Å². The first kappa shape index (κ1) is 10.0. The van der Waals surface area contributed by atoms with E-state index in [0.717, 1.165) is 6.26 Å². The lowest BCUT2D eigenvalue weighted by atomic mass is 11.7. The summed E-state index contributed by atoms with van der Waals surface area (Å²) in [6.45, 7) is 0. The molecule has 0 amide bonds. The Bertz CT molecular complexity index is 112. The average Bonchev–Trinajstić information content (AvgIpc) is 1.35. The van der Waals surface area contributed by atoms with Crippen LogP contribution >= 0.6 is 0 Å². The van der Waals surface area contributed by atoms with E-state index in [-0.39, 0.29) is 7.43 Å². The van der Waals surface area contributed by atoms with E-state index in [0.29, 0.717) is 0 Å². The van der Waals surface area contributed by atoms with Gasteiger partial charge in [0, 0.05) is 6.26 Å². The van der Waals surface area contributed by atoms with E-state index in [2.05, 4.69) is 0 Å². The summed E-state index contributed by atoms with van der Waals surface area (Å²) >= 11 is 0. The second kappa shape index (κ2) is 2.98. The van der Waals surface area contributed by atoms with Crippen LogP contribution in [0.1, 0.15) is 7.43 Å². The van der Waals surface area contributed by atoms with Crippen LogP contribution < -0.4 is 0 Å². The zero-order valence-corrected chi connectivity index (χ0v) is 4.20. The average molecular weight is 126 g/mol. The molecule has 0 rings (SSSR count). The van der Waals surface area contributed by atoms with E-state index < -0.39 is 15.8 Å². The third kappa shape index (κ3) is 10.7. The smallest absolute Gasteiger partial charge is 0.171 e. The van der Waals surface area contributed by atoms with Gasteiger partial charge in [-0.3, -0.25) is 0 Å². The molecule has 0 fully saturated rings. The number of aliphatic hydroxyl groups is 1. The molecule has 0 aromatic carbocycles. The SMILES string of the molecule is C.CS(=O)(=O)CO. The summed E-state index contributed by atoms with van der Waals surface area (Å²) < 4.78 is 19.5. The van der Waals surface area contributed by atoms with Gasteiger partial charge in [0.25, 0.3) is 0 Å². The van der Waals surface area contributed by atoms with Crippen molar-refractivity contribution in [3.05, 3.63) is 0 Å². The maximum atomic E-state index is 9.75. The van der Waals surface area contributed by atoms with Crippen molar-refractivity contribution >= 4 is 9.84 Å². The number of rotatable bonds is 1. The Morgan fingerprint density at radius 3 is 1.71 bits per heavy atom. The van der Waals surface area contributed by atoms with Gasteiger partial charge < -0.3 is 5.11 Å². The Labute approximate surface area is 43.9 Å². The van der Waals surface area contributed by atoms with Crippen LogP contribution in [0.2, 0.25) is 0 Å². The molecule has 0 aliphatic rings. The van der Waals surface area contributed by atoms with E-state index in [1.54, 1.807) is 0 Å². The molecule has 3 nitrogen and oxygen atoms in total. The second-order valence-corrected chi connectivity index (χ2v) is 3.16. The van der Waals surface area contributed by atoms with Crippen molar-refractivity contribution in [2.45, 2.75) is 7.43 Å². The van der Waals surface area contributed by atoms with Gasteiger partial charge in [0.2, 0.25) is 0 Å². The van der Waals surface area contributed by atoms with E-state index >= 15 is 0 Å². The lowest BCUT2D eigenvalue weighted by Crippen LogP contribution is -1.99. The molecule has 46 valence electrons. The van der Waals surface area contributed by atoms with Crippen LogP contribution in [-0.2, 0) is 9.84 Å². The maximum absolute atomic E-state index is 9.75. The number of aliphatic hydroxyl groups excluding tert-OH is 1. The lowest BCUT2D eigenvalue weighted by molar-refractivity contribution is 0.360. The predicted octanol–water partition coefficient (Wildman–Crippen LogP) is -0.383. The van der Waals surface area contributed by atoms with Crippen molar-refractivity contribution in [3.63, 3.8) is 0 Å². The first-order valence-electron chi connectivity index (χ1n) is 1.35. The minimum atomic E-state index is -3.11. The first-order chi connectivity index (χ1) is 2.56. The molecular formula is C3H10O3S. The summed E-state index contributed by atoms with van der Waals surface area (Å²) in [4.78, 5) is 0. The second-order valence-electron chi connectivity index (χ2n) is 1.05. The summed E-state index contributed by atoms with van der Waals surface area (Å²) in [6, 6.07) is 0. The van der Waals surface area contributed by atoms with Crippen LogP contribution in [0.5, 0.6) is 0 Å². The normalized spacial score (nSPS) is 10.0. The standard InChI is InChI=1S/C2H6O3S.CH4/c1-6(4,5)2-3;/h3H,2H2,1H3;1H4. The Morgan fingerprint density at radius 2 is 1.71 bits per heavy atom. The molecule has 0 bridgehead atoms. The highest BCUT2D eigenvalue weighted by Crippen LogP contribution is 1.72. The third-order valence-electron chi connectivity index (χ3n) is 0.235. The number of sulfone groups is 1. The van der Waals surface area contributed by atoms with Crippen molar-refractivity contribution in [2.24, 2.45) is 0 Å². The van der Waals surface area contributed by atoms with Crippen LogP contribution in [-0.4, -0.2) is 25.7 Å². The Balaban J connectivity index is 0. The van der Waals surface area contributed by atoms with Crippen molar-refractivity contribution in [1.29, 1.82) is 0 Å². The topological polar surface area (TPSA) is 54.4 Å². The molecule has 0 aromatic heterocycles. The van der Waals surface area contributed by atoms with E-state index in [1.807, 2.05) is 0 Å².